The quantitative estimate of drug-likeness (QED) is 0.867. The predicted octanol–water partition coefficient (Wildman–Crippen LogP) is 3.55. The molecule has 0 spiro atoms. The molecule has 0 aliphatic carbocycles. The Kier molecular flexibility index (Phi) is 5.97. The van der Waals surface area contributed by atoms with Crippen molar-refractivity contribution in [2.45, 2.75) is 32.5 Å². The smallest absolute Gasteiger partial charge is 0.241 e. The lowest BCUT2D eigenvalue weighted by molar-refractivity contribution is -0.130. The molecule has 0 saturated carbocycles. The SMILES string of the molecule is CSCCN1C(=O)C(CC(C)C)NC1c1ccc(Cl)cc1. The average Bonchev–Trinajstić information content (AvgIpc) is 2.74. The summed E-state index contributed by atoms with van der Waals surface area (Å²) < 4.78 is 0. The first-order valence-corrected chi connectivity index (χ1v) is 9.11. The van der Waals surface area contributed by atoms with Crippen LogP contribution < -0.4 is 5.32 Å². The molecule has 116 valence electrons. The first-order chi connectivity index (χ1) is 10.0. The number of carbonyl (C=O) groups is 1. The molecule has 1 saturated heterocycles. The fourth-order valence-corrected chi connectivity index (χ4v) is 3.17. The number of rotatable bonds is 6. The first-order valence-electron chi connectivity index (χ1n) is 7.34. The normalized spacial score (nSPS) is 22.3. The molecule has 1 amide bonds. The molecule has 0 aromatic heterocycles. The van der Waals surface area contributed by atoms with Crippen molar-refractivity contribution in [3.63, 3.8) is 0 Å². The van der Waals surface area contributed by atoms with Gasteiger partial charge in [-0.2, -0.15) is 11.8 Å². The standard InChI is InChI=1S/C16H23ClN2OS/c1-11(2)10-14-16(20)19(8-9-21-3)15(18-14)12-4-6-13(17)7-5-12/h4-7,11,14-15,18H,8-10H2,1-3H3. The lowest BCUT2D eigenvalue weighted by Gasteiger charge is -2.24. The Balaban J connectivity index is 2.19. The van der Waals surface area contributed by atoms with Crippen molar-refractivity contribution in [3.05, 3.63) is 34.9 Å². The van der Waals surface area contributed by atoms with E-state index < -0.39 is 0 Å². The molecular weight excluding hydrogens is 304 g/mol. The summed E-state index contributed by atoms with van der Waals surface area (Å²) in [6.07, 6.45) is 2.90. The highest BCUT2D eigenvalue weighted by Gasteiger charge is 2.39. The molecule has 1 aromatic carbocycles. The highest BCUT2D eigenvalue weighted by Crippen LogP contribution is 2.28. The largest absolute Gasteiger partial charge is 0.321 e. The second-order valence-corrected chi connectivity index (χ2v) is 7.25. The number of carbonyl (C=O) groups excluding carboxylic acids is 1. The van der Waals surface area contributed by atoms with Gasteiger partial charge in [0.15, 0.2) is 0 Å². The van der Waals surface area contributed by atoms with Gasteiger partial charge in [-0.05, 0) is 36.3 Å². The Hall–Kier alpha value is -0.710. The molecule has 2 rings (SSSR count). The molecule has 3 nitrogen and oxygen atoms in total. The molecule has 5 heteroatoms. The summed E-state index contributed by atoms with van der Waals surface area (Å²) in [5.74, 6) is 1.67. The van der Waals surface area contributed by atoms with E-state index >= 15 is 0 Å². The third-order valence-electron chi connectivity index (χ3n) is 3.68. The van der Waals surface area contributed by atoms with Gasteiger partial charge in [0, 0.05) is 17.3 Å². The number of hydrogen-bond donors (Lipinski definition) is 1. The zero-order valence-corrected chi connectivity index (χ0v) is 14.4. The van der Waals surface area contributed by atoms with Gasteiger partial charge in [-0.15, -0.1) is 0 Å². The molecule has 1 aromatic rings. The minimum Gasteiger partial charge on any atom is -0.321 e. The summed E-state index contributed by atoms with van der Waals surface area (Å²) in [6, 6.07) is 7.68. The van der Waals surface area contributed by atoms with E-state index in [1.54, 1.807) is 11.8 Å². The van der Waals surface area contributed by atoms with Crippen LogP contribution in [0.25, 0.3) is 0 Å². The van der Waals surface area contributed by atoms with Crippen LogP contribution >= 0.6 is 23.4 Å². The summed E-state index contributed by atoms with van der Waals surface area (Å²) in [5, 5.41) is 4.21. The van der Waals surface area contributed by atoms with E-state index in [0.29, 0.717) is 5.92 Å². The van der Waals surface area contributed by atoms with Crippen LogP contribution in [0.4, 0.5) is 0 Å². The molecule has 21 heavy (non-hydrogen) atoms. The predicted molar refractivity (Wildman–Crippen MR) is 90.7 cm³/mol. The number of amides is 1. The lowest BCUT2D eigenvalue weighted by atomic mass is 10.0. The fourth-order valence-electron chi connectivity index (χ4n) is 2.67. The zero-order chi connectivity index (χ0) is 15.4. The van der Waals surface area contributed by atoms with Crippen LogP contribution in [-0.2, 0) is 4.79 Å². The van der Waals surface area contributed by atoms with Gasteiger partial charge < -0.3 is 4.90 Å². The molecule has 1 N–H and O–H groups in total. The topological polar surface area (TPSA) is 32.3 Å². The Morgan fingerprint density at radius 3 is 2.57 bits per heavy atom. The fraction of sp³-hybridized carbons (Fsp3) is 0.562. The molecule has 2 unspecified atom stereocenters. The maximum Gasteiger partial charge on any atom is 0.241 e. The van der Waals surface area contributed by atoms with E-state index in [0.717, 1.165) is 29.3 Å². The Morgan fingerprint density at radius 2 is 2.00 bits per heavy atom. The van der Waals surface area contributed by atoms with Gasteiger partial charge >= 0.3 is 0 Å². The van der Waals surface area contributed by atoms with Crippen LogP contribution in [-0.4, -0.2) is 35.4 Å². The Bertz CT molecular complexity index is 478. The van der Waals surface area contributed by atoms with Crippen molar-refractivity contribution in [3.8, 4) is 0 Å². The monoisotopic (exact) mass is 326 g/mol. The number of nitrogens with one attached hydrogen (secondary N) is 1. The van der Waals surface area contributed by atoms with Gasteiger partial charge in [0.1, 0.15) is 6.17 Å². The highest BCUT2D eigenvalue weighted by molar-refractivity contribution is 7.98. The van der Waals surface area contributed by atoms with Crippen LogP contribution in [0.5, 0.6) is 0 Å². The zero-order valence-electron chi connectivity index (χ0n) is 12.8. The van der Waals surface area contributed by atoms with E-state index in [1.807, 2.05) is 29.2 Å². The van der Waals surface area contributed by atoms with Crippen molar-refractivity contribution < 1.29 is 4.79 Å². The van der Waals surface area contributed by atoms with Crippen LogP contribution in [0.1, 0.15) is 32.0 Å². The molecule has 2 atom stereocenters. The lowest BCUT2D eigenvalue weighted by Crippen LogP contribution is -2.33. The Morgan fingerprint density at radius 1 is 1.33 bits per heavy atom. The second-order valence-electron chi connectivity index (χ2n) is 5.83. The molecular formula is C16H23ClN2OS. The number of hydrogen-bond acceptors (Lipinski definition) is 3. The van der Waals surface area contributed by atoms with Crippen molar-refractivity contribution in [2.75, 3.05) is 18.6 Å². The molecule has 1 heterocycles. The van der Waals surface area contributed by atoms with Crippen LogP contribution in [0.15, 0.2) is 24.3 Å². The highest BCUT2D eigenvalue weighted by atomic mass is 35.5. The van der Waals surface area contributed by atoms with Gasteiger partial charge in [-0.25, -0.2) is 0 Å². The third kappa shape index (κ3) is 4.15. The Labute approximate surface area is 136 Å². The van der Waals surface area contributed by atoms with Gasteiger partial charge in [0.05, 0.1) is 6.04 Å². The van der Waals surface area contributed by atoms with E-state index in [1.165, 1.54) is 0 Å². The molecule has 1 aliphatic rings. The summed E-state index contributed by atoms with van der Waals surface area (Å²) in [6.45, 7) is 5.07. The van der Waals surface area contributed by atoms with Crippen molar-refractivity contribution >= 4 is 29.3 Å². The summed E-state index contributed by atoms with van der Waals surface area (Å²) in [4.78, 5) is 14.6. The van der Waals surface area contributed by atoms with E-state index in [4.69, 9.17) is 11.6 Å². The second kappa shape index (κ2) is 7.52. The van der Waals surface area contributed by atoms with Gasteiger partial charge in [0.25, 0.3) is 0 Å². The van der Waals surface area contributed by atoms with E-state index in [9.17, 15) is 4.79 Å². The minimum atomic E-state index is -0.0764. The van der Waals surface area contributed by atoms with Crippen LogP contribution in [0.3, 0.4) is 0 Å². The van der Waals surface area contributed by atoms with Gasteiger partial charge in [-0.1, -0.05) is 37.6 Å². The third-order valence-corrected chi connectivity index (χ3v) is 4.52. The van der Waals surface area contributed by atoms with Crippen molar-refractivity contribution in [1.82, 2.24) is 10.2 Å². The first kappa shape index (κ1) is 16.7. The number of thioether (sulfide) groups is 1. The minimum absolute atomic E-state index is 0.0364. The maximum atomic E-state index is 12.6. The summed E-state index contributed by atoms with van der Waals surface area (Å²) in [7, 11) is 0. The molecule has 1 aliphatic heterocycles. The molecule has 1 fully saturated rings. The van der Waals surface area contributed by atoms with E-state index in [-0.39, 0.29) is 18.1 Å². The molecule has 0 bridgehead atoms. The number of benzene rings is 1. The molecule has 0 radical (unpaired) electrons. The summed E-state index contributed by atoms with van der Waals surface area (Å²) >= 11 is 7.72. The number of nitrogens with zero attached hydrogens (tertiary/aromatic N) is 1. The van der Waals surface area contributed by atoms with Gasteiger partial charge in [0.2, 0.25) is 5.91 Å². The van der Waals surface area contributed by atoms with Crippen molar-refractivity contribution in [1.29, 1.82) is 0 Å². The van der Waals surface area contributed by atoms with Crippen molar-refractivity contribution in [2.24, 2.45) is 5.92 Å². The van der Waals surface area contributed by atoms with Crippen LogP contribution in [0.2, 0.25) is 5.02 Å². The van der Waals surface area contributed by atoms with Crippen LogP contribution in [0, 0.1) is 5.92 Å². The van der Waals surface area contributed by atoms with Gasteiger partial charge in [-0.3, -0.25) is 10.1 Å². The average molecular weight is 327 g/mol. The number of halogens is 1. The van der Waals surface area contributed by atoms with E-state index in [2.05, 4.69) is 25.4 Å². The maximum absolute atomic E-state index is 12.6. The summed E-state index contributed by atoms with van der Waals surface area (Å²) in [5.41, 5.74) is 1.10.